The summed E-state index contributed by atoms with van der Waals surface area (Å²) in [6.07, 6.45) is 3.09. The number of carbonyl (C=O) groups excluding carboxylic acids is 2. The molecular formula is C24H28ClN3O2. The lowest BCUT2D eigenvalue weighted by Gasteiger charge is -2.29. The van der Waals surface area contributed by atoms with Crippen LogP contribution in [0.15, 0.2) is 42.5 Å². The standard InChI is InChI=1S/C24H27N3O2.ClH/c1-15-10-19(8-9-25-15)26-24(29)18-13-23(28)27(14-18)20-6-7-22-17(12-20)11-16-4-2-3-5-21(16)22;/h2-7,12,15,18-19,25H,8-11,13-14H2,1H3,(H,26,29);1H. The number of halogens is 1. The Bertz CT molecular complexity index is 977. The van der Waals surface area contributed by atoms with Crippen molar-refractivity contribution in [1.29, 1.82) is 0 Å². The largest absolute Gasteiger partial charge is 0.353 e. The first-order valence-electron chi connectivity index (χ1n) is 10.6. The molecular weight excluding hydrogens is 398 g/mol. The van der Waals surface area contributed by atoms with Gasteiger partial charge >= 0.3 is 0 Å². The van der Waals surface area contributed by atoms with E-state index < -0.39 is 0 Å². The SMILES string of the molecule is CC1CC(NC(=O)C2CC(=O)N(c3ccc4c(c3)Cc3ccccc3-4)C2)CCN1.Cl. The third-order valence-corrected chi connectivity index (χ3v) is 6.55. The van der Waals surface area contributed by atoms with Crippen molar-refractivity contribution < 1.29 is 9.59 Å². The molecule has 3 atom stereocenters. The Kier molecular flexibility index (Phi) is 5.85. The molecule has 0 aromatic heterocycles. The molecule has 0 spiro atoms. The molecule has 2 heterocycles. The molecule has 3 unspecified atom stereocenters. The fraction of sp³-hybridized carbons (Fsp3) is 0.417. The fourth-order valence-corrected chi connectivity index (χ4v) is 5.01. The summed E-state index contributed by atoms with van der Waals surface area (Å²) in [6, 6.07) is 15.4. The van der Waals surface area contributed by atoms with Crippen molar-refractivity contribution in [3.05, 3.63) is 53.6 Å². The molecule has 5 rings (SSSR count). The number of benzene rings is 2. The summed E-state index contributed by atoms with van der Waals surface area (Å²) in [4.78, 5) is 27.2. The number of nitrogens with zero attached hydrogens (tertiary/aromatic N) is 1. The molecule has 6 heteroatoms. The zero-order chi connectivity index (χ0) is 20.0. The van der Waals surface area contributed by atoms with Crippen molar-refractivity contribution in [2.24, 2.45) is 5.92 Å². The maximum atomic E-state index is 12.8. The van der Waals surface area contributed by atoms with Gasteiger partial charge in [-0.05, 0) is 67.1 Å². The number of nitrogens with one attached hydrogen (secondary N) is 2. The van der Waals surface area contributed by atoms with Crippen LogP contribution in [0, 0.1) is 5.92 Å². The van der Waals surface area contributed by atoms with Gasteiger partial charge in [0.1, 0.15) is 0 Å². The second kappa shape index (κ2) is 8.40. The number of amides is 2. The van der Waals surface area contributed by atoms with E-state index in [4.69, 9.17) is 0 Å². The molecule has 2 saturated heterocycles. The van der Waals surface area contributed by atoms with Gasteiger partial charge in [0.15, 0.2) is 0 Å². The smallest absolute Gasteiger partial charge is 0.227 e. The first kappa shape index (κ1) is 20.9. The highest BCUT2D eigenvalue weighted by atomic mass is 35.5. The van der Waals surface area contributed by atoms with Crippen molar-refractivity contribution in [3.8, 4) is 11.1 Å². The average molecular weight is 426 g/mol. The summed E-state index contributed by atoms with van der Waals surface area (Å²) in [5.41, 5.74) is 6.04. The average Bonchev–Trinajstić information content (AvgIpc) is 3.28. The van der Waals surface area contributed by atoms with Crippen LogP contribution >= 0.6 is 12.4 Å². The zero-order valence-electron chi connectivity index (χ0n) is 17.2. The van der Waals surface area contributed by atoms with E-state index in [-0.39, 0.29) is 36.2 Å². The van der Waals surface area contributed by atoms with E-state index in [0.717, 1.165) is 31.5 Å². The first-order chi connectivity index (χ1) is 14.1. The lowest BCUT2D eigenvalue weighted by molar-refractivity contribution is -0.127. The Labute approximate surface area is 183 Å². The van der Waals surface area contributed by atoms with E-state index >= 15 is 0 Å². The van der Waals surface area contributed by atoms with Gasteiger partial charge in [0.25, 0.3) is 0 Å². The Morgan fingerprint density at radius 3 is 2.77 bits per heavy atom. The number of hydrogen-bond acceptors (Lipinski definition) is 3. The molecule has 0 saturated carbocycles. The monoisotopic (exact) mass is 425 g/mol. The Balaban J connectivity index is 0.00000218. The first-order valence-corrected chi connectivity index (χ1v) is 10.6. The minimum Gasteiger partial charge on any atom is -0.353 e. The van der Waals surface area contributed by atoms with Crippen molar-refractivity contribution in [1.82, 2.24) is 10.6 Å². The summed E-state index contributed by atoms with van der Waals surface area (Å²) in [5, 5.41) is 6.58. The van der Waals surface area contributed by atoms with Crippen LogP contribution in [0.25, 0.3) is 11.1 Å². The number of carbonyl (C=O) groups is 2. The molecule has 0 radical (unpaired) electrons. The molecule has 2 N–H and O–H groups in total. The molecule has 1 aliphatic carbocycles. The minimum atomic E-state index is -0.266. The number of piperidine rings is 1. The van der Waals surface area contributed by atoms with Gasteiger partial charge in [-0.25, -0.2) is 0 Å². The van der Waals surface area contributed by atoms with Crippen LogP contribution in [0.2, 0.25) is 0 Å². The van der Waals surface area contributed by atoms with Crippen molar-refractivity contribution in [2.75, 3.05) is 18.0 Å². The van der Waals surface area contributed by atoms with Gasteiger partial charge < -0.3 is 15.5 Å². The van der Waals surface area contributed by atoms with Crippen LogP contribution in [-0.2, 0) is 16.0 Å². The molecule has 0 bridgehead atoms. The molecule has 3 aliphatic rings. The Hall–Kier alpha value is -2.37. The van der Waals surface area contributed by atoms with Crippen LogP contribution in [0.1, 0.15) is 37.3 Å². The number of anilines is 1. The lowest BCUT2D eigenvalue weighted by Crippen LogP contribution is -2.48. The summed E-state index contributed by atoms with van der Waals surface area (Å²) >= 11 is 0. The van der Waals surface area contributed by atoms with Gasteiger partial charge in [-0.2, -0.15) is 0 Å². The van der Waals surface area contributed by atoms with Gasteiger partial charge in [0, 0.05) is 30.7 Å². The molecule has 30 heavy (non-hydrogen) atoms. The van der Waals surface area contributed by atoms with Crippen LogP contribution in [0.3, 0.4) is 0 Å². The highest BCUT2D eigenvalue weighted by Crippen LogP contribution is 2.39. The van der Waals surface area contributed by atoms with Crippen molar-refractivity contribution >= 4 is 29.9 Å². The van der Waals surface area contributed by atoms with E-state index in [0.29, 0.717) is 19.0 Å². The quantitative estimate of drug-likeness (QED) is 0.676. The highest BCUT2D eigenvalue weighted by Gasteiger charge is 2.36. The molecule has 2 fully saturated rings. The molecule has 158 valence electrons. The predicted molar refractivity (Wildman–Crippen MR) is 121 cm³/mol. The highest BCUT2D eigenvalue weighted by molar-refractivity contribution is 6.00. The lowest BCUT2D eigenvalue weighted by atomic mass is 9.99. The number of rotatable bonds is 3. The summed E-state index contributed by atoms with van der Waals surface area (Å²) < 4.78 is 0. The van der Waals surface area contributed by atoms with Gasteiger partial charge in [0.2, 0.25) is 11.8 Å². The van der Waals surface area contributed by atoms with Crippen LogP contribution in [-0.4, -0.2) is 37.0 Å². The molecule has 2 aliphatic heterocycles. The molecule has 2 amide bonds. The second-order valence-corrected chi connectivity index (χ2v) is 8.67. The maximum Gasteiger partial charge on any atom is 0.227 e. The van der Waals surface area contributed by atoms with Gasteiger partial charge in [0.05, 0.1) is 5.92 Å². The topological polar surface area (TPSA) is 61.4 Å². The van der Waals surface area contributed by atoms with E-state index in [2.05, 4.69) is 54.0 Å². The van der Waals surface area contributed by atoms with Gasteiger partial charge in [-0.1, -0.05) is 30.3 Å². The van der Waals surface area contributed by atoms with E-state index in [1.165, 1.54) is 22.3 Å². The maximum absolute atomic E-state index is 12.8. The second-order valence-electron chi connectivity index (χ2n) is 8.67. The Morgan fingerprint density at radius 1 is 1.13 bits per heavy atom. The normalized spacial score (nSPS) is 24.8. The predicted octanol–water partition coefficient (Wildman–Crippen LogP) is 3.29. The third-order valence-electron chi connectivity index (χ3n) is 6.55. The van der Waals surface area contributed by atoms with E-state index in [9.17, 15) is 9.59 Å². The van der Waals surface area contributed by atoms with Crippen LogP contribution in [0.4, 0.5) is 5.69 Å². The molecule has 5 nitrogen and oxygen atoms in total. The zero-order valence-corrected chi connectivity index (χ0v) is 18.0. The fourth-order valence-electron chi connectivity index (χ4n) is 5.01. The number of fused-ring (bicyclic) bond motifs is 3. The van der Waals surface area contributed by atoms with Crippen LogP contribution in [0.5, 0.6) is 0 Å². The van der Waals surface area contributed by atoms with E-state index in [1.54, 1.807) is 4.90 Å². The Morgan fingerprint density at radius 2 is 1.93 bits per heavy atom. The number of hydrogen-bond donors (Lipinski definition) is 2. The third kappa shape index (κ3) is 3.84. The van der Waals surface area contributed by atoms with Crippen molar-refractivity contribution in [2.45, 2.75) is 44.7 Å². The van der Waals surface area contributed by atoms with Crippen LogP contribution < -0.4 is 15.5 Å². The minimum absolute atomic E-state index is 0. The molecule has 2 aromatic rings. The summed E-state index contributed by atoms with van der Waals surface area (Å²) in [5.74, 6) is -0.203. The van der Waals surface area contributed by atoms with Gasteiger partial charge in [-0.3, -0.25) is 9.59 Å². The van der Waals surface area contributed by atoms with Gasteiger partial charge in [-0.15, -0.1) is 12.4 Å². The molecule has 2 aromatic carbocycles. The summed E-state index contributed by atoms with van der Waals surface area (Å²) in [6.45, 7) is 3.54. The van der Waals surface area contributed by atoms with Crippen molar-refractivity contribution in [3.63, 3.8) is 0 Å². The van der Waals surface area contributed by atoms with E-state index in [1.807, 2.05) is 6.07 Å². The summed E-state index contributed by atoms with van der Waals surface area (Å²) in [7, 11) is 0.